The largest absolute Gasteiger partial charge is 0.480 e. The third kappa shape index (κ3) is 2.26. The highest BCUT2D eigenvalue weighted by Crippen LogP contribution is 2.10. The first-order chi connectivity index (χ1) is 8.58. The average molecular weight is 256 g/mol. The summed E-state index contributed by atoms with van der Waals surface area (Å²) in [6, 6.07) is 0. The van der Waals surface area contributed by atoms with Crippen molar-refractivity contribution >= 4 is 24.2 Å². The van der Waals surface area contributed by atoms with Gasteiger partial charge in [0.05, 0.1) is 0 Å². The fourth-order valence-corrected chi connectivity index (χ4v) is 1.25. The van der Waals surface area contributed by atoms with Crippen molar-refractivity contribution < 1.29 is 19.8 Å². The van der Waals surface area contributed by atoms with Crippen LogP contribution in [0.3, 0.4) is 0 Å². The molecule has 18 heavy (non-hydrogen) atoms. The number of carboxylic acids is 2. The molecule has 12 heteroatoms. The molecule has 3 N–H and O–H groups in total. The molecule has 2 rings (SSSR count). The minimum atomic E-state index is -1.13. The monoisotopic (exact) mass is 256 g/mol. The summed E-state index contributed by atoms with van der Waals surface area (Å²) in [6.45, 7) is -0.835. The van der Waals surface area contributed by atoms with E-state index in [4.69, 9.17) is 10.2 Å². The van der Waals surface area contributed by atoms with Crippen LogP contribution in [0.15, 0.2) is 5.10 Å². The van der Waals surface area contributed by atoms with E-state index in [1.54, 1.807) is 0 Å². The summed E-state index contributed by atoms with van der Waals surface area (Å²) in [7, 11) is 0. The van der Waals surface area contributed by atoms with Crippen LogP contribution in [0.4, 0.5) is 5.95 Å². The Morgan fingerprint density at radius 1 is 1.28 bits per heavy atom. The van der Waals surface area contributed by atoms with Crippen LogP contribution in [-0.2, 0) is 16.1 Å². The Morgan fingerprint density at radius 2 is 2.00 bits per heavy atom. The van der Waals surface area contributed by atoms with Gasteiger partial charge in [-0.3, -0.25) is 9.59 Å². The number of anilines is 1. The van der Waals surface area contributed by atoms with Crippen molar-refractivity contribution in [3.8, 4) is 0 Å². The molecule has 1 aliphatic heterocycles. The predicted octanol–water partition coefficient (Wildman–Crippen LogP) is -2.67. The van der Waals surface area contributed by atoms with Gasteiger partial charge in [0, 0.05) is 0 Å². The number of hydrogen-bond donors (Lipinski definition) is 3. The Morgan fingerprint density at radius 3 is 2.67 bits per heavy atom. The van der Waals surface area contributed by atoms with Crippen LogP contribution in [0, 0.1) is 0 Å². The maximum atomic E-state index is 10.6. The smallest absolute Gasteiger partial charge is 0.325 e. The highest BCUT2D eigenvalue weighted by atomic mass is 16.4. The molecule has 1 aliphatic rings. The SMILES string of the molecule is O=C(O)CN1C=NNN1c1nnnn1CC(=O)O. The molecular formula is C6H8N8O4. The molecular weight excluding hydrogens is 248 g/mol. The van der Waals surface area contributed by atoms with Gasteiger partial charge in [-0.2, -0.15) is 10.2 Å². The van der Waals surface area contributed by atoms with E-state index in [-0.39, 0.29) is 12.5 Å². The van der Waals surface area contributed by atoms with E-state index in [1.807, 2.05) is 0 Å². The van der Waals surface area contributed by atoms with Crippen molar-refractivity contribution in [3.63, 3.8) is 0 Å². The van der Waals surface area contributed by atoms with Crippen molar-refractivity contribution in [1.82, 2.24) is 30.8 Å². The van der Waals surface area contributed by atoms with Gasteiger partial charge in [0.2, 0.25) is 0 Å². The van der Waals surface area contributed by atoms with Crippen molar-refractivity contribution in [2.45, 2.75) is 6.54 Å². The van der Waals surface area contributed by atoms with Gasteiger partial charge in [-0.1, -0.05) is 5.10 Å². The second-order valence-corrected chi connectivity index (χ2v) is 3.18. The van der Waals surface area contributed by atoms with Crippen LogP contribution in [0.25, 0.3) is 0 Å². The third-order valence-electron chi connectivity index (χ3n) is 1.89. The zero-order valence-electron chi connectivity index (χ0n) is 8.83. The van der Waals surface area contributed by atoms with Gasteiger partial charge in [-0.05, 0) is 10.4 Å². The van der Waals surface area contributed by atoms with E-state index in [9.17, 15) is 9.59 Å². The molecule has 1 aromatic heterocycles. The van der Waals surface area contributed by atoms with Gasteiger partial charge in [0.15, 0.2) is 0 Å². The molecule has 0 saturated carbocycles. The molecule has 2 heterocycles. The standard InChI is InChI=1S/C6H8N8O4/c15-4(16)1-12-3-7-10-14(12)6-8-9-11-13(6)2-5(17)18/h3,10H,1-2H2,(H,15,16)(H,17,18). The molecule has 0 saturated heterocycles. The van der Waals surface area contributed by atoms with Crippen molar-refractivity contribution in [1.29, 1.82) is 0 Å². The first-order valence-corrected chi connectivity index (χ1v) is 4.63. The van der Waals surface area contributed by atoms with E-state index in [2.05, 4.69) is 26.2 Å². The number of rotatable bonds is 5. The molecule has 0 spiro atoms. The molecule has 0 bridgehead atoms. The van der Waals surface area contributed by atoms with Crippen LogP contribution >= 0.6 is 0 Å². The Balaban J connectivity index is 2.18. The maximum absolute atomic E-state index is 10.6. The number of hydrazone groups is 1. The Bertz CT molecular complexity index is 498. The quantitative estimate of drug-likeness (QED) is 0.508. The van der Waals surface area contributed by atoms with Crippen molar-refractivity contribution in [3.05, 3.63) is 0 Å². The summed E-state index contributed by atoms with van der Waals surface area (Å²) in [5.74, 6) is -2.21. The van der Waals surface area contributed by atoms with Crippen molar-refractivity contribution in [2.24, 2.45) is 5.10 Å². The minimum absolute atomic E-state index is 0.0103. The number of tetrazole rings is 1. The van der Waals surface area contributed by atoms with Crippen molar-refractivity contribution in [2.75, 3.05) is 11.7 Å². The molecule has 0 radical (unpaired) electrons. The number of carboxylic acid groups (broad SMARTS) is 2. The van der Waals surface area contributed by atoms with E-state index in [0.29, 0.717) is 0 Å². The van der Waals surface area contributed by atoms with Gasteiger partial charge in [0.1, 0.15) is 19.4 Å². The van der Waals surface area contributed by atoms with Crippen LogP contribution in [0.2, 0.25) is 0 Å². The second-order valence-electron chi connectivity index (χ2n) is 3.18. The highest BCUT2D eigenvalue weighted by Gasteiger charge is 2.26. The molecule has 0 aliphatic carbocycles. The summed E-state index contributed by atoms with van der Waals surface area (Å²) in [4.78, 5) is 21.2. The zero-order chi connectivity index (χ0) is 13.1. The third-order valence-corrected chi connectivity index (χ3v) is 1.89. The number of aliphatic carboxylic acids is 2. The van der Waals surface area contributed by atoms with Gasteiger partial charge in [-0.15, -0.1) is 10.2 Å². The predicted molar refractivity (Wildman–Crippen MR) is 53.9 cm³/mol. The molecule has 0 amide bonds. The number of nitrogens with zero attached hydrogens (tertiary/aromatic N) is 7. The fourth-order valence-electron chi connectivity index (χ4n) is 1.25. The van der Waals surface area contributed by atoms with Crippen LogP contribution in [0.1, 0.15) is 0 Å². The zero-order valence-corrected chi connectivity index (χ0v) is 8.83. The van der Waals surface area contributed by atoms with Gasteiger partial charge in [0.25, 0.3) is 5.95 Å². The van der Waals surface area contributed by atoms with Crippen LogP contribution in [-0.4, -0.2) is 60.3 Å². The van der Waals surface area contributed by atoms with Gasteiger partial charge in [-0.25, -0.2) is 5.01 Å². The molecule has 96 valence electrons. The molecule has 0 aromatic carbocycles. The van der Waals surface area contributed by atoms with Gasteiger partial charge >= 0.3 is 11.9 Å². The Hall–Kier alpha value is -2.92. The lowest BCUT2D eigenvalue weighted by Gasteiger charge is -2.24. The van der Waals surface area contributed by atoms with Crippen LogP contribution < -0.4 is 10.7 Å². The van der Waals surface area contributed by atoms with E-state index in [0.717, 1.165) is 9.80 Å². The minimum Gasteiger partial charge on any atom is -0.480 e. The number of carbonyl (C=O) groups is 2. The summed E-state index contributed by atoms with van der Waals surface area (Å²) >= 11 is 0. The molecule has 1 aromatic rings. The lowest BCUT2D eigenvalue weighted by Crippen LogP contribution is -2.47. The number of hydrazine groups is 2. The van der Waals surface area contributed by atoms with E-state index < -0.39 is 18.5 Å². The summed E-state index contributed by atoms with van der Waals surface area (Å²) in [5.41, 5.74) is 2.44. The first-order valence-electron chi connectivity index (χ1n) is 4.63. The molecule has 12 nitrogen and oxygen atoms in total. The number of hydrogen-bond acceptors (Lipinski definition) is 9. The maximum Gasteiger partial charge on any atom is 0.325 e. The molecule has 0 unspecified atom stereocenters. The average Bonchev–Trinajstić information content (AvgIpc) is 2.85. The summed E-state index contributed by atoms with van der Waals surface area (Å²) in [5, 5.41) is 33.7. The Kier molecular flexibility index (Phi) is 2.90. The fraction of sp³-hybridized carbons (Fsp3) is 0.333. The number of nitrogens with one attached hydrogen (secondary N) is 1. The lowest BCUT2D eigenvalue weighted by molar-refractivity contribution is -0.139. The second kappa shape index (κ2) is 4.52. The van der Waals surface area contributed by atoms with E-state index in [1.165, 1.54) is 11.3 Å². The highest BCUT2D eigenvalue weighted by molar-refractivity contribution is 5.74. The molecule has 0 atom stereocenters. The topological polar surface area (TPSA) is 149 Å². The number of aromatic nitrogens is 4. The first kappa shape index (κ1) is 11.6. The normalized spacial score (nSPS) is 13.8. The van der Waals surface area contributed by atoms with Crippen LogP contribution in [0.5, 0.6) is 0 Å². The lowest BCUT2D eigenvalue weighted by atomic mass is 10.6. The van der Waals surface area contributed by atoms with Gasteiger partial charge < -0.3 is 10.2 Å². The summed E-state index contributed by atoms with van der Waals surface area (Å²) < 4.78 is 0.985. The van der Waals surface area contributed by atoms with E-state index >= 15 is 0 Å². The Labute approximate surface area is 99.0 Å². The summed E-state index contributed by atoms with van der Waals surface area (Å²) in [6.07, 6.45) is 1.22. The molecule has 0 fully saturated rings.